The minimum atomic E-state index is 0.0732. The summed E-state index contributed by atoms with van der Waals surface area (Å²) in [6.07, 6.45) is 6.38. The number of allylic oxidation sites excluding steroid dienone is 2. The molecular weight excluding hydrogens is 288 g/mol. The molecule has 3 unspecified atom stereocenters. The third kappa shape index (κ3) is 1.40. The molecule has 5 rings (SSSR count). The summed E-state index contributed by atoms with van der Waals surface area (Å²) in [6.45, 7) is 2.44. The maximum absolute atomic E-state index is 6.40. The first-order chi connectivity index (χ1) is 10.7. The molecule has 1 fully saturated rings. The molecule has 0 heterocycles. The largest absolute Gasteiger partial charge is 0.0843 e. The number of rotatable bonds is 0. The average molecular weight is 307 g/mol. The maximum atomic E-state index is 6.40. The van der Waals surface area contributed by atoms with Gasteiger partial charge in [-0.15, -0.1) is 0 Å². The van der Waals surface area contributed by atoms with Gasteiger partial charge in [0, 0.05) is 10.4 Å². The van der Waals surface area contributed by atoms with Crippen LogP contribution in [0.15, 0.2) is 54.1 Å². The lowest BCUT2D eigenvalue weighted by Crippen LogP contribution is -2.38. The van der Waals surface area contributed by atoms with Crippen LogP contribution < -0.4 is 0 Å². The average Bonchev–Trinajstić information content (AvgIpc) is 3.04. The van der Waals surface area contributed by atoms with Crippen molar-refractivity contribution in [2.24, 2.45) is 11.8 Å². The lowest BCUT2D eigenvalue weighted by atomic mass is 9.59. The molecule has 3 atom stereocenters. The van der Waals surface area contributed by atoms with Crippen molar-refractivity contribution in [2.45, 2.75) is 31.6 Å². The molecule has 2 aromatic rings. The fourth-order valence-corrected chi connectivity index (χ4v) is 5.61. The summed E-state index contributed by atoms with van der Waals surface area (Å²) >= 11 is 6.40. The summed E-state index contributed by atoms with van der Waals surface area (Å²) in [5, 5.41) is 0.860. The standard InChI is InChI=1S/C21H19Cl/c1-13-10-14-6-7-15(11-14)21(13)19-5-3-2-4-17(19)18-9-8-16(22)12-20(18)21/h2-5,7-9,12-14H,6,10-11H2,1H3. The van der Waals surface area contributed by atoms with Gasteiger partial charge >= 0.3 is 0 Å². The zero-order chi connectivity index (χ0) is 14.9. The molecule has 0 aromatic heterocycles. The first kappa shape index (κ1) is 13.0. The molecule has 3 aliphatic rings. The van der Waals surface area contributed by atoms with Gasteiger partial charge in [0.05, 0.1) is 0 Å². The van der Waals surface area contributed by atoms with Gasteiger partial charge in [0.1, 0.15) is 0 Å². The summed E-state index contributed by atoms with van der Waals surface area (Å²) in [7, 11) is 0. The number of hydrogen-bond acceptors (Lipinski definition) is 0. The van der Waals surface area contributed by atoms with E-state index in [0.29, 0.717) is 5.92 Å². The van der Waals surface area contributed by atoms with Gasteiger partial charge in [0.15, 0.2) is 0 Å². The third-order valence-electron chi connectivity index (χ3n) is 6.19. The van der Waals surface area contributed by atoms with Gasteiger partial charge < -0.3 is 0 Å². The second-order valence-corrected chi connectivity index (χ2v) is 7.65. The van der Waals surface area contributed by atoms with E-state index in [1.54, 1.807) is 5.57 Å². The third-order valence-corrected chi connectivity index (χ3v) is 6.42. The van der Waals surface area contributed by atoms with E-state index in [1.807, 2.05) is 6.07 Å². The van der Waals surface area contributed by atoms with E-state index < -0.39 is 0 Å². The second kappa shape index (κ2) is 4.26. The molecule has 0 N–H and O–H groups in total. The van der Waals surface area contributed by atoms with E-state index in [1.165, 1.54) is 41.5 Å². The topological polar surface area (TPSA) is 0 Å². The van der Waals surface area contributed by atoms with Gasteiger partial charge in [-0.05, 0) is 65.5 Å². The highest BCUT2D eigenvalue weighted by Crippen LogP contribution is 2.63. The molecule has 0 saturated heterocycles. The predicted octanol–water partition coefficient (Wildman–Crippen LogP) is 5.98. The molecule has 110 valence electrons. The number of halogens is 1. The van der Waals surface area contributed by atoms with Crippen LogP contribution in [-0.4, -0.2) is 0 Å². The van der Waals surface area contributed by atoms with E-state index in [4.69, 9.17) is 11.6 Å². The number of hydrogen-bond donors (Lipinski definition) is 0. The van der Waals surface area contributed by atoms with Crippen molar-refractivity contribution >= 4 is 11.6 Å². The van der Waals surface area contributed by atoms with Crippen molar-refractivity contribution in [1.82, 2.24) is 0 Å². The van der Waals surface area contributed by atoms with Gasteiger partial charge in [-0.2, -0.15) is 0 Å². The van der Waals surface area contributed by atoms with Crippen molar-refractivity contribution < 1.29 is 0 Å². The lowest BCUT2D eigenvalue weighted by Gasteiger charge is -2.44. The highest BCUT2D eigenvalue weighted by Gasteiger charge is 2.53. The minimum Gasteiger partial charge on any atom is -0.0843 e. The zero-order valence-corrected chi connectivity index (χ0v) is 13.5. The summed E-state index contributed by atoms with van der Waals surface area (Å²) in [6, 6.07) is 15.5. The molecule has 0 nitrogen and oxygen atoms in total. The SMILES string of the molecule is CC1CC2CC=C(C2)C12c1ccccc1-c1ccc(Cl)cc12. The van der Waals surface area contributed by atoms with E-state index >= 15 is 0 Å². The molecule has 3 aliphatic carbocycles. The molecule has 1 spiro atoms. The Morgan fingerprint density at radius 2 is 1.86 bits per heavy atom. The fraction of sp³-hybridized carbons (Fsp3) is 0.333. The lowest BCUT2D eigenvalue weighted by molar-refractivity contribution is 0.273. The normalized spacial score (nSPS) is 31.1. The van der Waals surface area contributed by atoms with Gasteiger partial charge in [0.25, 0.3) is 0 Å². The monoisotopic (exact) mass is 306 g/mol. The van der Waals surface area contributed by atoms with Gasteiger partial charge in [-0.3, -0.25) is 0 Å². The van der Waals surface area contributed by atoms with E-state index in [9.17, 15) is 0 Å². The quantitative estimate of drug-likeness (QED) is 0.525. The maximum Gasteiger partial charge on any atom is 0.0449 e. The first-order valence-electron chi connectivity index (χ1n) is 8.30. The summed E-state index contributed by atoms with van der Waals surface area (Å²) in [4.78, 5) is 0. The predicted molar refractivity (Wildman–Crippen MR) is 92.3 cm³/mol. The second-order valence-electron chi connectivity index (χ2n) is 7.22. The number of fused-ring (bicyclic) bond motifs is 8. The van der Waals surface area contributed by atoms with Crippen molar-refractivity contribution in [3.8, 4) is 11.1 Å². The molecular formula is C21H19Cl. The van der Waals surface area contributed by atoms with E-state index in [2.05, 4.69) is 49.4 Å². The van der Waals surface area contributed by atoms with Crippen molar-refractivity contribution in [2.75, 3.05) is 0 Å². The Kier molecular flexibility index (Phi) is 2.51. The molecule has 0 aliphatic heterocycles. The molecule has 1 heteroatoms. The number of benzene rings is 2. The molecule has 1 saturated carbocycles. The van der Waals surface area contributed by atoms with Crippen LogP contribution >= 0.6 is 11.6 Å². The van der Waals surface area contributed by atoms with Crippen molar-refractivity contribution in [3.63, 3.8) is 0 Å². The Morgan fingerprint density at radius 1 is 1.05 bits per heavy atom. The van der Waals surface area contributed by atoms with E-state index in [-0.39, 0.29) is 5.41 Å². The van der Waals surface area contributed by atoms with Gasteiger partial charge in [0.2, 0.25) is 0 Å². The first-order valence-corrected chi connectivity index (χ1v) is 8.68. The van der Waals surface area contributed by atoms with Gasteiger partial charge in [-0.25, -0.2) is 0 Å². The molecule has 2 bridgehead atoms. The van der Waals surface area contributed by atoms with Crippen LogP contribution in [0.5, 0.6) is 0 Å². The van der Waals surface area contributed by atoms with Crippen LogP contribution in [0.4, 0.5) is 0 Å². The summed E-state index contributed by atoms with van der Waals surface area (Å²) < 4.78 is 0. The molecule has 0 amide bonds. The highest BCUT2D eigenvalue weighted by molar-refractivity contribution is 6.30. The zero-order valence-electron chi connectivity index (χ0n) is 12.8. The molecule has 22 heavy (non-hydrogen) atoms. The smallest absolute Gasteiger partial charge is 0.0449 e. The Morgan fingerprint density at radius 3 is 2.77 bits per heavy atom. The molecule has 2 aromatic carbocycles. The Hall–Kier alpha value is -1.53. The Labute approximate surface area is 136 Å². The van der Waals surface area contributed by atoms with E-state index in [0.717, 1.165) is 10.9 Å². The van der Waals surface area contributed by atoms with Crippen LogP contribution in [0.3, 0.4) is 0 Å². The highest BCUT2D eigenvalue weighted by atomic mass is 35.5. The van der Waals surface area contributed by atoms with Crippen LogP contribution in [0.1, 0.15) is 37.3 Å². The Balaban J connectivity index is 1.91. The summed E-state index contributed by atoms with van der Waals surface area (Å²) in [5.41, 5.74) is 7.46. The van der Waals surface area contributed by atoms with Gasteiger partial charge in [-0.1, -0.05) is 60.5 Å². The van der Waals surface area contributed by atoms with Crippen LogP contribution in [0.2, 0.25) is 5.02 Å². The summed E-state index contributed by atoms with van der Waals surface area (Å²) in [5.74, 6) is 1.51. The Bertz CT molecular complexity index is 816. The van der Waals surface area contributed by atoms with Crippen molar-refractivity contribution in [1.29, 1.82) is 0 Å². The van der Waals surface area contributed by atoms with Crippen molar-refractivity contribution in [3.05, 3.63) is 70.3 Å². The fourth-order valence-electron chi connectivity index (χ4n) is 5.44. The minimum absolute atomic E-state index is 0.0732. The van der Waals surface area contributed by atoms with Crippen LogP contribution in [0, 0.1) is 11.8 Å². The van der Waals surface area contributed by atoms with Crippen LogP contribution in [0.25, 0.3) is 11.1 Å². The van der Waals surface area contributed by atoms with Crippen LogP contribution in [-0.2, 0) is 5.41 Å². The molecule has 0 radical (unpaired) electrons.